The van der Waals surface area contributed by atoms with Crippen LogP contribution in [0.5, 0.6) is 0 Å². The third kappa shape index (κ3) is 3.14. The van der Waals surface area contributed by atoms with Crippen molar-refractivity contribution >= 4 is 21.6 Å². The Morgan fingerprint density at radius 3 is 2.62 bits per heavy atom. The van der Waals surface area contributed by atoms with E-state index in [-0.39, 0.29) is 17.3 Å². The molecule has 2 rings (SSSR count). The fraction of sp³-hybridized carbons (Fsp3) is 0.462. The van der Waals surface area contributed by atoms with Crippen LogP contribution in [0.4, 0.5) is 0 Å². The second-order valence-corrected chi connectivity index (χ2v) is 7.11. The normalized spacial score (nSPS) is 12.2. The van der Waals surface area contributed by atoms with Gasteiger partial charge in [-0.1, -0.05) is 0 Å². The number of aryl methyl sites for hydroxylation is 2. The smallest absolute Gasteiger partial charge is 0.244 e. The van der Waals surface area contributed by atoms with Crippen molar-refractivity contribution in [1.29, 1.82) is 0 Å². The van der Waals surface area contributed by atoms with Crippen molar-refractivity contribution in [1.82, 2.24) is 18.4 Å². The molecule has 0 atom stereocenters. The van der Waals surface area contributed by atoms with Crippen LogP contribution in [0, 0.1) is 0 Å². The molecule has 8 heteroatoms. The van der Waals surface area contributed by atoms with Crippen LogP contribution in [0.3, 0.4) is 0 Å². The molecule has 0 aliphatic rings. The topological polar surface area (TPSA) is 60.1 Å². The van der Waals surface area contributed by atoms with Crippen LogP contribution < -0.4 is 0 Å². The van der Waals surface area contributed by atoms with E-state index >= 15 is 0 Å². The average molecular weight is 331 g/mol. The third-order valence-electron chi connectivity index (χ3n) is 3.43. The van der Waals surface area contributed by atoms with Crippen LogP contribution in [0.15, 0.2) is 29.6 Å². The maximum atomic E-state index is 12.6. The highest BCUT2D eigenvalue weighted by molar-refractivity contribution is 7.89. The van der Waals surface area contributed by atoms with Crippen LogP contribution >= 0.6 is 11.6 Å². The van der Waals surface area contributed by atoms with E-state index in [0.717, 1.165) is 5.69 Å². The maximum Gasteiger partial charge on any atom is 0.244 e. The molecule has 0 saturated heterocycles. The number of alkyl halides is 1. The maximum absolute atomic E-state index is 12.6. The summed E-state index contributed by atoms with van der Waals surface area (Å²) in [7, 11) is -0.169. The van der Waals surface area contributed by atoms with Gasteiger partial charge in [0.05, 0.1) is 12.4 Å². The quantitative estimate of drug-likeness (QED) is 0.759. The lowest BCUT2D eigenvalue weighted by atomic mass is 10.5. The van der Waals surface area contributed by atoms with Crippen molar-refractivity contribution in [3.8, 4) is 0 Å². The zero-order valence-corrected chi connectivity index (χ0v) is 13.9. The lowest BCUT2D eigenvalue weighted by Crippen LogP contribution is -2.27. The molecule has 0 amide bonds. The van der Waals surface area contributed by atoms with Gasteiger partial charge in [0, 0.05) is 44.9 Å². The van der Waals surface area contributed by atoms with Gasteiger partial charge in [-0.05, 0) is 13.0 Å². The molecule has 6 nitrogen and oxygen atoms in total. The summed E-state index contributed by atoms with van der Waals surface area (Å²) in [5.74, 6) is 0.973. The van der Waals surface area contributed by atoms with Gasteiger partial charge in [0.1, 0.15) is 10.7 Å². The van der Waals surface area contributed by atoms with Crippen molar-refractivity contribution in [2.24, 2.45) is 7.05 Å². The van der Waals surface area contributed by atoms with Gasteiger partial charge in [0.25, 0.3) is 0 Å². The molecule has 0 aliphatic carbocycles. The molecule has 0 radical (unpaired) electrons. The molecule has 0 saturated carbocycles. The Morgan fingerprint density at radius 1 is 1.43 bits per heavy atom. The number of nitrogens with zero attached hydrogens (tertiary/aromatic N) is 4. The first-order valence-corrected chi connectivity index (χ1v) is 8.55. The minimum absolute atomic E-state index is 0.222. The lowest BCUT2D eigenvalue weighted by molar-refractivity contribution is 0.451. The summed E-state index contributed by atoms with van der Waals surface area (Å²) in [5, 5.41) is 0. The van der Waals surface area contributed by atoms with Crippen molar-refractivity contribution in [3.05, 3.63) is 36.2 Å². The molecule has 0 bridgehead atoms. The van der Waals surface area contributed by atoms with Crippen molar-refractivity contribution in [3.63, 3.8) is 0 Å². The molecule has 2 heterocycles. The zero-order valence-electron chi connectivity index (χ0n) is 12.3. The number of halogens is 1. The van der Waals surface area contributed by atoms with Crippen LogP contribution in [0.2, 0.25) is 0 Å². The van der Waals surface area contributed by atoms with E-state index in [4.69, 9.17) is 11.6 Å². The van der Waals surface area contributed by atoms with Crippen LogP contribution in [0.25, 0.3) is 0 Å². The van der Waals surface area contributed by atoms with Crippen LogP contribution in [-0.2, 0) is 36.0 Å². The number of hydrogen-bond donors (Lipinski definition) is 0. The summed E-state index contributed by atoms with van der Waals surface area (Å²) >= 11 is 5.85. The van der Waals surface area contributed by atoms with Crippen molar-refractivity contribution < 1.29 is 8.42 Å². The molecule has 116 valence electrons. The molecule has 2 aromatic heterocycles. The first kappa shape index (κ1) is 16.1. The number of aromatic nitrogens is 3. The number of rotatable bonds is 6. The second-order valence-electron chi connectivity index (χ2n) is 4.80. The van der Waals surface area contributed by atoms with Gasteiger partial charge in [-0.25, -0.2) is 13.4 Å². The lowest BCUT2D eigenvalue weighted by Gasteiger charge is -2.15. The number of hydrogen-bond acceptors (Lipinski definition) is 3. The van der Waals surface area contributed by atoms with Gasteiger partial charge in [0.15, 0.2) is 0 Å². The van der Waals surface area contributed by atoms with Crippen molar-refractivity contribution in [2.45, 2.75) is 30.8 Å². The third-order valence-corrected chi connectivity index (χ3v) is 5.47. The Labute approximate surface area is 130 Å². The Morgan fingerprint density at radius 2 is 2.14 bits per heavy atom. The minimum atomic E-state index is -3.55. The Bertz CT molecular complexity index is 699. The highest BCUT2D eigenvalue weighted by Crippen LogP contribution is 2.20. The van der Waals surface area contributed by atoms with E-state index in [0.29, 0.717) is 12.4 Å². The van der Waals surface area contributed by atoms with Gasteiger partial charge in [-0.2, -0.15) is 4.31 Å². The summed E-state index contributed by atoms with van der Waals surface area (Å²) in [5.41, 5.74) is 0.795. The van der Waals surface area contributed by atoms with E-state index in [2.05, 4.69) is 4.98 Å². The van der Waals surface area contributed by atoms with E-state index in [1.165, 1.54) is 4.31 Å². The van der Waals surface area contributed by atoms with Gasteiger partial charge in [-0.3, -0.25) is 0 Å². The van der Waals surface area contributed by atoms with Crippen molar-refractivity contribution in [2.75, 3.05) is 7.05 Å². The van der Waals surface area contributed by atoms with E-state index in [1.54, 1.807) is 36.3 Å². The molecule has 0 unspecified atom stereocenters. The number of sulfonamides is 1. The highest BCUT2D eigenvalue weighted by atomic mass is 35.5. The molecular weight excluding hydrogens is 312 g/mol. The molecule has 2 aromatic rings. The van der Waals surface area contributed by atoms with E-state index in [1.807, 2.05) is 18.5 Å². The predicted octanol–water partition coefficient (Wildman–Crippen LogP) is 1.80. The average Bonchev–Trinajstić information content (AvgIpc) is 3.05. The van der Waals surface area contributed by atoms with E-state index < -0.39 is 10.0 Å². The molecule has 0 aromatic carbocycles. The predicted molar refractivity (Wildman–Crippen MR) is 81.5 cm³/mol. The van der Waals surface area contributed by atoms with E-state index in [9.17, 15) is 8.42 Å². The Hall–Kier alpha value is -1.31. The Kier molecular flexibility index (Phi) is 4.75. The summed E-state index contributed by atoms with van der Waals surface area (Å²) in [4.78, 5) is 4.41. The van der Waals surface area contributed by atoms with Gasteiger partial charge in [-0.15, -0.1) is 11.6 Å². The monoisotopic (exact) mass is 330 g/mol. The number of imidazole rings is 1. The first-order chi connectivity index (χ1) is 9.90. The molecule has 0 N–H and O–H groups in total. The standard InChI is InChI=1S/C13H19ClN4O2S/c1-4-18-9-12(7-11(18)8-14)21(19,20)17(3)10-13-15-5-6-16(13)2/h5-7,9H,4,8,10H2,1-3H3. The first-order valence-electron chi connectivity index (χ1n) is 6.57. The van der Waals surface area contributed by atoms with Gasteiger partial charge >= 0.3 is 0 Å². The summed E-state index contributed by atoms with van der Waals surface area (Å²) in [6.07, 6.45) is 5.06. The SMILES string of the molecule is CCn1cc(S(=O)(=O)N(C)Cc2nccn2C)cc1CCl. The van der Waals surface area contributed by atoms with Gasteiger partial charge in [0.2, 0.25) is 10.0 Å². The summed E-state index contributed by atoms with van der Waals surface area (Å²) in [6, 6.07) is 1.63. The highest BCUT2D eigenvalue weighted by Gasteiger charge is 2.24. The molecule has 0 aliphatic heterocycles. The molecule has 0 spiro atoms. The minimum Gasteiger partial charge on any atom is -0.349 e. The largest absolute Gasteiger partial charge is 0.349 e. The molecule has 21 heavy (non-hydrogen) atoms. The summed E-state index contributed by atoms with van der Waals surface area (Å²) in [6.45, 7) is 2.85. The molecule has 0 fully saturated rings. The van der Waals surface area contributed by atoms with Gasteiger partial charge < -0.3 is 9.13 Å². The van der Waals surface area contributed by atoms with Crippen LogP contribution in [0.1, 0.15) is 18.4 Å². The molecular formula is C13H19ClN4O2S. The zero-order chi connectivity index (χ0) is 15.6. The van der Waals surface area contributed by atoms with Crippen LogP contribution in [-0.4, -0.2) is 33.9 Å². The summed E-state index contributed by atoms with van der Waals surface area (Å²) < 4.78 is 30.1. The second kappa shape index (κ2) is 6.21. The Balaban J connectivity index is 2.28. The fourth-order valence-electron chi connectivity index (χ4n) is 2.08. The fourth-order valence-corrected chi connectivity index (χ4v) is 3.51.